The van der Waals surface area contributed by atoms with Gasteiger partial charge in [0.2, 0.25) is 5.89 Å². The predicted octanol–water partition coefficient (Wildman–Crippen LogP) is 2.44. The third-order valence-electron chi connectivity index (χ3n) is 4.77. The lowest BCUT2D eigenvalue weighted by Crippen LogP contribution is -2.38. The summed E-state index contributed by atoms with van der Waals surface area (Å²) in [7, 11) is -2.37. The molecule has 30 heavy (non-hydrogen) atoms. The van der Waals surface area contributed by atoms with E-state index in [4.69, 9.17) is 9.26 Å². The summed E-state index contributed by atoms with van der Waals surface area (Å²) < 4.78 is 38.1. The molecule has 1 aliphatic rings. The maximum atomic E-state index is 13.2. The molecule has 0 radical (unpaired) electrons. The number of rotatable bonds is 5. The van der Waals surface area contributed by atoms with Gasteiger partial charge in [-0.15, -0.1) is 0 Å². The second kappa shape index (κ2) is 7.45. The lowest BCUT2D eigenvalue weighted by molar-refractivity contribution is -0.121. The van der Waals surface area contributed by atoms with Gasteiger partial charge in [0, 0.05) is 14.0 Å². The smallest absolute Gasteiger partial charge is 0.265 e. The number of anilines is 2. The second-order valence-electron chi connectivity index (χ2n) is 6.94. The van der Waals surface area contributed by atoms with Crippen LogP contribution in [0.2, 0.25) is 0 Å². The van der Waals surface area contributed by atoms with Crippen molar-refractivity contribution in [1.29, 1.82) is 0 Å². The van der Waals surface area contributed by atoms with Crippen LogP contribution in [0.5, 0.6) is 5.75 Å². The van der Waals surface area contributed by atoms with Gasteiger partial charge in [0.05, 0.1) is 22.8 Å². The van der Waals surface area contributed by atoms with Gasteiger partial charge >= 0.3 is 0 Å². The maximum Gasteiger partial charge on any atom is 0.265 e. The molecule has 0 saturated carbocycles. The molecule has 9 nitrogen and oxygen atoms in total. The van der Waals surface area contributed by atoms with Crippen LogP contribution in [0.4, 0.5) is 11.4 Å². The van der Waals surface area contributed by atoms with Gasteiger partial charge in [-0.3, -0.25) is 14.0 Å². The van der Waals surface area contributed by atoms with Crippen molar-refractivity contribution in [1.82, 2.24) is 10.1 Å². The summed E-state index contributed by atoms with van der Waals surface area (Å²) in [6.45, 7) is 3.43. The third-order valence-corrected chi connectivity index (χ3v) is 6.55. The zero-order valence-electron chi connectivity index (χ0n) is 16.7. The third kappa shape index (κ3) is 3.61. The Bertz CT molecular complexity index is 1220. The molecule has 10 heteroatoms. The van der Waals surface area contributed by atoms with Crippen molar-refractivity contribution in [3.63, 3.8) is 0 Å². The van der Waals surface area contributed by atoms with Crippen LogP contribution in [0.1, 0.15) is 17.3 Å². The lowest BCUT2D eigenvalue weighted by Gasteiger charge is -2.29. The van der Waals surface area contributed by atoms with E-state index in [1.54, 1.807) is 31.2 Å². The van der Waals surface area contributed by atoms with Crippen LogP contribution in [0.25, 0.3) is 0 Å². The summed E-state index contributed by atoms with van der Waals surface area (Å²) >= 11 is 0. The Kier molecular flexibility index (Phi) is 4.94. The van der Waals surface area contributed by atoms with E-state index in [0.29, 0.717) is 28.8 Å². The molecule has 2 aromatic carbocycles. The molecule has 0 N–H and O–H groups in total. The molecular weight excluding hydrogens is 408 g/mol. The number of nitrogens with zero attached hydrogens (tertiary/aromatic N) is 4. The summed E-state index contributed by atoms with van der Waals surface area (Å²) in [5.41, 5.74) is 1.83. The fourth-order valence-corrected chi connectivity index (χ4v) is 4.39. The first kappa shape index (κ1) is 19.9. The summed E-state index contributed by atoms with van der Waals surface area (Å²) in [4.78, 5) is 18.0. The second-order valence-corrected chi connectivity index (χ2v) is 8.91. The zero-order valence-corrected chi connectivity index (χ0v) is 17.5. The van der Waals surface area contributed by atoms with E-state index < -0.39 is 10.0 Å². The van der Waals surface area contributed by atoms with Crippen LogP contribution in [-0.4, -0.2) is 38.1 Å². The minimum absolute atomic E-state index is 0.0397. The first-order chi connectivity index (χ1) is 14.3. The van der Waals surface area contributed by atoms with E-state index in [0.717, 1.165) is 5.56 Å². The van der Waals surface area contributed by atoms with Gasteiger partial charge in [0.25, 0.3) is 15.9 Å². The summed E-state index contributed by atoms with van der Waals surface area (Å²) in [5, 5.41) is 3.82. The molecule has 0 saturated heterocycles. The highest BCUT2D eigenvalue weighted by molar-refractivity contribution is 7.92. The number of ether oxygens (including phenoxy) is 1. The molecule has 0 unspecified atom stereocenters. The molecule has 0 aliphatic carbocycles. The Morgan fingerprint density at radius 1 is 1.17 bits per heavy atom. The lowest BCUT2D eigenvalue weighted by atomic mass is 10.2. The number of aryl methyl sites for hydroxylation is 2. The fourth-order valence-electron chi connectivity index (χ4n) is 3.18. The Morgan fingerprint density at radius 2 is 1.97 bits per heavy atom. The minimum atomic E-state index is -3.86. The standard InChI is InChI=1S/C20H20N4O5S/c1-13-5-4-6-15(9-13)23(3)30(26,27)16-7-8-18-17(10-16)24(20(25)12-28-18)11-19-21-14(2)29-22-19/h4-10H,11-12H2,1-3H3. The van der Waals surface area contributed by atoms with Crippen molar-refractivity contribution in [3.8, 4) is 5.75 Å². The van der Waals surface area contributed by atoms with Crippen molar-refractivity contribution in [2.24, 2.45) is 0 Å². The monoisotopic (exact) mass is 428 g/mol. The van der Waals surface area contributed by atoms with Gasteiger partial charge in [-0.25, -0.2) is 8.42 Å². The molecule has 3 aromatic rings. The Morgan fingerprint density at radius 3 is 2.67 bits per heavy atom. The van der Waals surface area contributed by atoms with Gasteiger partial charge in [-0.2, -0.15) is 4.98 Å². The number of benzene rings is 2. The van der Waals surface area contributed by atoms with Crippen molar-refractivity contribution in [3.05, 3.63) is 59.7 Å². The number of hydrogen-bond donors (Lipinski definition) is 0. The highest BCUT2D eigenvalue weighted by Gasteiger charge is 2.30. The van der Waals surface area contributed by atoms with E-state index in [1.165, 1.54) is 28.4 Å². The van der Waals surface area contributed by atoms with Crippen LogP contribution in [0, 0.1) is 13.8 Å². The molecule has 4 rings (SSSR count). The number of fused-ring (bicyclic) bond motifs is 1. The molecule has 0 fully saturated rings. The van der Waals surface area contributed by atoms with Gasteiger partial charge in [0.1, 0.15) is 5.75 Å². The molecule has 2 heterocycles. The van der Waals surface area contributed by atoms with E-state index in [2.05, 4.69) is 10.1 Å². The number of carbonyl (C=O) groups is 1. The summed E-state index contributed by atoms with van der Waals surface area (Å²) in [6.07, 6.45) is 0. The molecule has 1 amide bonds. The number of sulfonamides is 1. The topological polar surface area (TPSA) is 106 Å². The molecule has 0 spiro atoms. The number of carbonyl (C=O) groups excluding carboxylic acids is 1. The highest BCUT2D eigenvalue weighted by Crippen LogP contribution is 2.36. The van der Waals surface area contributed by atoms with Crippen LogP contribution < -0.4 is 13.9 Å². The van der Waals surface area contributed by atoms with Gasteiger partial charge < -0.3 is 9.26 Å². The van der Waals surface area contributed by atoms with Crippen molar-refractivity contribution >= 4 is 27.3 Å². The maximum absolute atomic E-state index is 13.2. The van der Waals surface area contributed by atoms with Gasteiger partial charge in [0.15, 0.2) is 12.4 Å². The normalized spacial score (nSPS) is 13.7. The van der Waals surface area contributed by atoms with E-state index in [-0.39, 0.29) is 24.0 Å². The van der Waals surface area contributed by atoms with Crippen molar-refractivity contribution in [2.45, 2.75) is 25.3 Å². The highest BCUT2D eigenvalue weighted by atomic mass is 32.2. The van der Waals surface area contributed by atoms with E-state index in [9.17, 15) is 13.2 Å². The van der Waals surface area contributed by atoms with Gasteiger partial charge in [-0.05, 0) is 42.8 Å². The van der Waals surface area contributed by atoms with Crippen molar-refractivity contribution in [2.75, 3.05) is 22.9 Å². The number of amides is 1. The summed E-state index contributed by atoms with van der Waals surface area (Å²) in [5.74, 6) is 0.777. The fraction of sp³-hybridized carbons (Fsp3) is 0.250. The van der Waals surface area contributed by atoms with Crippen LogP contribution in [-0.2, 0) is 21.4 Å². The molecular formula is C20H20N4O5S. The molecule has 0 atom stereocenters. The largest absolute Gasteiger partial charge is 0.482 e. The quantitative estimate of drug-likeness (QED) is 0.614. The van der Waals surface area contributed by atoms with Crippen LogP contribution in [0.15, 0.2) is 51.9 Å². The molecule has 1 aliphatic heterocycles. The number of hydrogen-bond acceptors (Lipinski definition) is 7. The minimum Gasteiger partial charge on any atom is -0.482 e. The Labute approximate surface area is 173 Å². The van der Waals surface area contributed by atoms with Crippen LogP contribution >= 0.6 is 0 Å². The average Bonchev–Trinajstić information content (AvgIpc) is 3.14. The Hall–Kier alpha value is -3.40. The number of aromatic nitrogens is 2. The van der Waals surface area contributed by atoms with Crippen molar-refractivity contribution < 1.29 is 22.5 Å². The molecule has 0 bridgehead atoms. The molecule has 1 aromatic heterocycles. The first-order valence-corrected chi connectivity index (χ1v) is 10.6. The summed E-state index contributed by atoms with van der Waals surface area (Å²) in [6, 6.07) is 11.6. The SMILES string of the molecule is Cc1cccc(N(C)S(=O)(=O)c2ccc3c(c2)N(Cc2noc(C)n2)C(=O)CO3)c1. The molecule has 156 valence electrons. The van der Waals surface area contributed by atoms with E-state index in [1.807, 2.05) is 13.0 Å². The zero-order chi connectivity index (χ0) is 21.5. The van der Waals surface area contributed by atoms with E-state index >= 15 is 0 Å². The predicted molar refractivity (Wildman–Crippen MR) is 109 cm³/mol. The van der Waals surface area contributed by atoms with Gasteiger partial charge in [-0.1, -0.05) is 17.3 Å². The first-order valence-electron chi connectivity index (χ1n) is 9.18. The van der Waals surface area contributed by atoms with Crippen LogP contribution in [0.3, 0.4) is 0 Å². The Balaban J connectivity index is 1.72. The average molecular weight is 428 g/mol.